The topological polar surface area (TPSA) is 38.0 Å². The van der Waals surface area contributed by atoms with Gasteiger partial charge >= 0.3 is 0 Å². The molecule has 1 aliphatic rings. The molecule has 1 saturated carbocycles. The molecule has 0 aliphatic heterocycles. The zero-order valence-corrected chi connectivity index (χ0v) is 13.1. The van der Waals surface area contributed by atoms with E-state index in [1.165, 1.54) is 31.4 Å². The normalized spacial score (nSPS) is 29.2. The highest BCUT2D eigenvalue weighted by molar-refractivity contribution is 9.10. The van der Waals surface area contributed by atoms with E-state index in [1.54, 1.807) is 0 Å². The smallest absolute Gasteiger partial charge is 0.124 e. The molecule has 1 aromatic carbocycles. The maximum Gasteiger partial charge on any atom is 0.124 e. The molecule has 3 unspecified atom stereocenters. The monoisotopic (exact) mass is 328 g/mol. The third kappa shape index (κ3) is 3.56. The van der Waals surface area contributed by atoms with E-state index in [-0.39, 0.29) is 11.9 Å². The summed E-state index contributed by atoms with van der Waals surface area (Å²) in [5, 5.41) is 0. The summed E-state index contributed by atoms with van der Waals surface area (Å²) in [6.45, 7) is 4.60. The molecule has 19 heavy (non-hydrogen) atoms. The minimum absolute atomic E-state index is 0.0835. The van der Waals surface area contributed by atoms with Crippen LogP contribution in [0.2, 0.25) is 0 Å². The molecule has 2 nitrogen and oxygen atoms in total. The Kier molecular flexibility index (Phi) is 4.98. The van der Waals surface area contributed by atoms with E-state index in [0.717, 1.165) is 21.9 Å². The van der Waals surface area contributed by atoms with Gasteiger partial charge in [-0.3, -0.25) is 11.3 Å². The maximum absolute atomic E-state index is 13.2. The zero-order chi connectivity index (χ0) is 14.0. The van der Waals surface area contributed by atoms with Crippen molar-refractivity contribution in [3.8, 4) is 0 Å². The highest BCUT2D eigenvalue weighted by Gasteiger charge is 2.31. The molecule has 4 heteroatoms. The lowest BCUT2D eigenvalue weighted by Crippen LogP contribution is -2.37. The van der Waals surface area contributed by atoms with Gasteiger partial charge in [0, 0.05) is 10.5 Å². The minimum atomic E-state index is -0.225. The van der Waals surface area contributed by atoms with Crippen LogP contribution in [0.4, 0.5) is 4.39 Å². The summed E-state index contributed by atoms with van der Waals surface area (Å²) >= 11 is 3.45. The number of hydrazine groups is 1. The first-order chi connectivity index (χ1) is 9.01. The fourth-order valence-corrected chi connectivity index (χ4v) is 4.11. The van der Waals surface area contributed by atoms with Crippen LogP contribution < -0.4 is 11.3 Å². The summed E-state index contributed by atoms with van der Waals surface area (Å²) in [7, 11) is 0. The van der Waals surface area contributed by atoms with Gasteiger partial charge in [0.1, 0.15) is 5.82 Å². The van der Waals surface area contributed by atoms with Crippen LogP contribution in [0.25, 0.3) is 0 Å². The fraction of sp³-hybridized carbons (Fsp3) is 0.600. The standard InChI is InChI=1S/C15H22BrFN2/c1-9-5-10(2)7-11(6-9)15(19-18)13-4-3-12(17)8-14(13)16/h3-4,8-11,15,19H,5-7,18H2,1-2H3. The molecule has 1 fully saturated rings. The van der Waals surface area contributed by atoms with Gasteiger partial charge in [-0.1, -0.05) is 35.8 Å². The molecular formula is C15H22BrFN2. The molecule has 106 valence electrons. The van der Waals surface area contributed by atoms with E-state index in [2.05, 4.69) is 35.2 Å². The Labute approximate surface area is 123 Å². The van der Waals surface area contributed by atoms with Crippen LogP contribution in [0.5, 0.6) is 0 Å². The molecular weight excluding hydrogens is 307 g/mol. The fourth-order valence-electron chi connectivity index (χ4n) is 3.51. The lowest BCUT2D eigenvalue weighted by molar-refractivity contribution is 0.176. The van der Waals surface area contributed by atoms with Crippen LogP contribution in [-0.2, 0) is 0 Å². The van der Waals surface area contributed by atoms with Crippen LogP contribution in [0.3, 0.4) is 0 Å². The lowest BCUT2D eigenvalue weighted by Gasteiger charge is -2.36. The average Bonchev–Trinajstić information content (AvgIpc) is 2.31. The van der Waals surface area contributed by atoms with Gasteiger partial charge in [-0.15, -0.1) is 0 Å². The zero-order valence-electron chi connectivity index (χ0n) is 11.5. The first kappa shape index (κ1) is 14.9. The van der Waals surface area contributed by atoms with Crippen molar-refractivity contribution < 1.29 is 4.39 Å². The molecule has 0 spiro atoms. The van der Waals surface area contributed by atoms with Crippen LogP contribution in [0, 0.1) is 23.6 Å². The van der Waals surface area contributed by atoms with Crippen LogP contribution in [0.15, 0.2) is 22.7 Å². The Hall–Kier alpha value is -0.450. The second-order valence-corrected chi connectivity index (χ2v) is 6.84. The summed E-state index contributed by atoms with van der Waals surface area (Å²) in [6, 6.07) is 4.92. The number of nitrogens with one attached hydrogen (secondary N) is 1. The molecule has 0 saturated heterocycles. The lowest BCUT2D eigenvalue weighted by atomic mass is 9.72. The SMILES string of the molecule is CC1CC(C)CC(C(NN)c2ccc(F)cc2Br)C1. The van der Waals surface area contributed by atoms with Gasteiger partial charge in [0.25, 0.3) is 0 Å². The van der Waals surface area contributed by atoms with E-state index in [4.69, 9.17) is 5.84 Å². The first-order valence-electron chi connectivity index (χ1n) is 6.92. The van der Waals surface area contributed by atoms with Gasteiger partial charge in [-0.2, -0.15) is 0 Å². The number of rotatable bonds is 3. The summed E-state index contributed by atoms with van der Waals surface area (Å²) in [4.78, 5) is 0. The Bertz CT molecular complexity index is 428. The number of nitrogens with two attached hydrogens (primary N) is 1. The van der Waals surface area contributed by atoms with Gasteiger partial charge in [-0.05, 0) is 54.7 Å². The van der Waals surface area contributed by atoms with Crippen LogP contribution >= 0.6 is 15.9 Å². The number of halogens is 2. The quantitative estimate of drug-likeness (QED) is 0.645. The van der Waals surface area contributed by atoms with Gasteiger partial charge in [0.05, 0.1) is 0 Å². The second kappa shape index (κ2) is 6.33. The number of hydrogen-bond donors (Lipinski definition) is 2. The molecule has 3 N–H and O–H groups in total. The van der Waals surface area contributed by atoms with Crippen molar-refractivity contribution in [3.05, 3.63) is 34.1 Å². The second-order valence-electron chi connectivity index (χ2n) is 5.99. The summed E-state index contributed by atoms with van der Waals surface area (Å²) in [5.41, 5.74) is 3.99. The van der Waals surface area contributed by atoms with Gasteiger partial charge in [-0.25, -0.2) is 4.39 Å². The number of benzene rings is 1. The molecule has 0 aromatic heterocycles. The van der Waals surface area contributed by atoms with Crippen molar-refractivity contribution in [1.29, 1.82) is 0 Å². The van der Waals surface area contributed by atoms with Crippen LogP contribution in [-0.4, -0.2) is 0 Å². The predicted octanol–water partition coefficient (Wildman–Crippen LogP) is 4.16. The van der Waals surface area contributed by atoms with E-state index >= 15 is 0 Å². The van der Waals surface area contributed by atoms with Gasteiger partial charge in [0.2, 0.25) is 0 Å². The van der Waals surface area contributed by atoms with Crippen molar-refractivity contribution in [2.24, 2.45) is 23.6 Å². The molecule has 0 heterocycles. The van der Waals surface area contributed by atoms with Crippen molar-refractivity contribution in [2.45, 2.75) is 39.2 Å². The molecule has 0 bridgehead atoms. The summed E-state index contributed by atoms with van der Waals surface area (Å²) in [6.07, 6.45) is 3.63. The Morgan fingerprint density at radius 1 is 1.26 bits per heavy atom. The molecule has 1 aromatic rings. The maximum atomic E-state index is 13.2. The average molecular weight is 329 g/mol. The molecule has 3 atom stereocenters. The van der Waals surface area contributed by atoms with E-state index in [9.17, 15) is 4.39 Å². The Balaban J connectivity index is 2.23. The molecule has 1 aliphatic carbocycles. The first-order valence-corrected chi connectivity index (χ1v) is 7.71. The van der Waals surface area contributed by atoms with Crippen LogP contribution in [0.1, 0.15) is 44.7 Å². The summed E-state index contributed by atoms with van der Waals surface area (Å²) < 4.78 is 14.0. The van der Waals surface area contributed by atoms with E-state index in [0.29, 0.717) is 5.92 Å². The third-order valence-electron chi connectivity index (χ3n) is 4.16. The van der Waals surface area contributed by atoms with Gasteiger partial charge < -0.3 is 0 Å². The Morgan fingerprint density at radius 3 is 2.42 bits per heavy atom. The highest BCUT2D eigenvalue weighted by atomic mass is 79.9. The van der Waals surface area contributed by atoms with Crippen molar-refractivity contribution in [2.75, 3.05) is 0 Å². The van der Waals surface area contributed by atoms with Gasteiger partial charge in [0.15, 0.2) is 0 Å². The predicted molar refractivity (Wildman–Crippen MR) is 79.8 cm³/mol. The largest absolute Gasteiger partial charge is 0.271 e. The van der Waals surface area contributed by atoms with E-state index in [1.807, 2.05) is 6.07 Å². The van der Waals surface area contributed by atoms with E-state index < -0.39 is 0 Å². The van der Waals surface area contributed by atoms with Crippen molar-refractivity contribution in [3.63, 3.8) is 0 Å². The summed E-state index contributed by atoms with van der Waals surface area (Å²) in [5.74, 6) is 7.50. The molecule has 0 radical (unpaired) electrons. The Morgan fingerprint density at radius 2 is 1.89 bits per heavy atom. The highest BCUT2D eigenvalue weighted by Crippen LogP contribution is 2.41. The number of hydrogen-bond acceptors (Lipinski definition) is 2. The van der Waals surface area contributed by atoms with Crippen molar-refractivity contribution >= 4 is 15.9 Å². The third-order valence-corrected chi connectivity index (χ3v) is 4.85. The molecule has 2 rings (SSSR count). The minimum Gasteiger partial charge on any atom is -0.271 e. The van der Waals surface area contributed by atoms with Crippen molar-refractivity contribution in [1.82, 2.24) is 5.43 Å². The molecule has 0 amide bonds.